The Morgan fingerprint density at radius 3 is 2.28 bits per heavy atom. The molecule has 0 bridgehead atoms. The van der Waals surface area contributed by atoms with Crippen LogP contribution >= 0.6 is 0 Å². The van der Waals surface area contributed by atoms with Crippen LogP contribution < -0.4 is 5.32 Å². The lowest BCUT2D eigenvalue weighted by Gasteiger charge is -2.38. The average molecular weight is 256 g/mol. The molecule has 0 aliphatic rings. The molecule has 0 saturated heterocycles. The van der Waals surface area contributed by atoms with Crippen molar-refractivity contribution in [3.8, 4) is 0 Å². The van der Waals surface area contributed by atoms with Crippen LogP contribution in [0.25, 0.3) is 0 Å². The molecule has 0 saturated carbocycles. The molecule has 0 aliphatic carbocycles. The van der Waals surface area contributed by atoms with Gasteiger partial charge in [-0.3, -0.25) is 4.57 Å². The van der Waals surface area contributed by atoms with E-state index in [-0.39, 0.29) is 5.82 Å². The molecule has 0 aliphatic heterocycles. The number of nitrogens with one attached hydrogen (secondary N) is 1. The molecule has 2 N–H and O–H groups in total. The Kier molecular flexibility index (Phi) is 3.40. The van der Waals surface area contributed by atoms with Crippen LogP contribution in [0.4, 0.5) is 11.6 Å². The molecule has 1 aromatic heterocycles. The van der Waals surface area contributed by atoms with Gasteiger partial charge in [-0.1, -0.05) is 0 Å². The zero-order valence-electron chi connectivity index (χ0n) is 11.6. The van der Waals surface area contributed by atoms with Gasteiger partial charge in [0, 0.05) is 14.0 Å². The molecular weight excluding hydrogens is 236 g/mol. The SMILES string of the molecule is Cc1nc([N+](=O)[O-])c(NC(C)(C)C(C)(C)O)n1C. The van der Waals surface area contributed by atoms with Crippen molar-refractivity contribution in [1.82, 2.24) is 9.55 Å². The Hall–Kier alpha value is -1.63. The molecule has 0 amide bonds. The van der Waals surface area contributed by atoms with Crippen LogP contribution in [-0.4, -0.2) is 30.7 Å². The minimum absolute atomic E-state index is 0.229. The van der Waals surface area contributed by atoms with Crippen LogP contribution in [-0.2, 0) is 7.05 Å². The highest BCUT2D eigenvalue weighted by Crippen LogP contribution is 2.31. The average Bonchev–Trinajstić information content (AvgIpc) is 2.44. The van der Waals surface area contributed by atoms with Gasteiger partial charge < -0.3 is 20.5 Å². The predicted molar refractivity (Wildman–Crippen MR) is 68.6 cm³/mol. The number of hydrogen-bond donors (Lipinski definition) is 2. The molecule has 0 radical (unpaired) electrons. The Balaban J connectivity index is 3.23. The minimum Gasteiger partial charge on any atom is -0.388 e. The molecule has 0 unspecified atom stereocenters. The van der Waals surface area contributed by atoms with E-state index in [1.165, 1.54) is 0 Å². The van der Waals surface area contributed by atoms with Gasteiger partial charge in [0.1, 0.15) is 0 Å². The number of nitrogens with zero attached hydrogens (tertiary/aromatic N) is 3. The van der Waals surface area contributed by atoms with Gasteiger partial charge in [0.05, 0.1) is 11.1 Å². The molecule has 0 atom stereocenters. The van der Waals surface area contributed by atoms with Crippen LogP contribution in [0.2, 0.25) is 0 Å². The summed E-state index contributed by atoms with van der Waals surface area (Å²) in [7, 11) is 1.69. The van der Waals surface area contributed by atoms with Crippen molar-refractivity contribution >= 4 is 11.6 Å². The van der Waals surface area contributed by atoms with E-state index in [0.29, 0.717) is 11.6 Å². The number of rotatable bonds is 4. The topological polar surface area (TPSA) is 93.2 Å². The third-order valence-corrected chi connectivity index (χ3v) is 3.43. The van der Waals surface area contributed by atoms with Crippen LogP contribution in [0.3, 0.4) is 0 Å². The van der Waals surface area contributed by atoms with Gasteiger partial charge in [-0.15, -0.1) is 0 Å². The lowest BCUT2D eigenvalue weighted by molar-refractivity contribution is -0.388. The fraction of sp³-hybridized carbons (Fsp3) is 0.727. The number of imidazole rings is 1. The van der Waals surface area contributed by atoms with Crippen molar-refractivity contribution < 1.29 is 10.0 Å². The minimum atomic E-state index is -1.04. The molecule has 102 valence electrons. The van der Waals surface area contributed by atoms with E-state index in [0.717, 1.165) is 0 Å². The highest BCUT2D eigenvalue weighted by Gasteiger charge is 2.38. The standard InChI is InChI=1S/C11H20N4O3/c1-7-12-8(15(17)18)9(14(7)6)13-10(2,3)11(4,5)16/h13,16H,1-6H3. The van der Waals surface area contributed by atoms with E-state index >= 15 is 0 Å². The number of aliphatic hydroxyl groups is 1. The van der Waals surface area contributed by atoms with E-state index in [1.807, 2.05) is 0 Å². The van der Waals surface area contributed by atoms with Crippen molar-refractivity contribution in [1.29, 1.82) is 0 Å². The van der Waals surface area contributed by atoms with Crippen LogP contribution in [0.15, 0.2) is 0 Å². The van der Waals surface area contributed by atoms with E-state index in [9.17, 15) is 15.2 Å². The predicted octanol–water partition coefficient (Wildman–Crippen LogP) is 1.60. The van der Waals surface area contributed by atoms with E-state index in [2.05, 4.69) is 10.3 Å². The highest BCUT2D eigenvalue weighted by molar-refractivity contribution is 5.55. The highest BCUT2D eigenvalue weighted by atomic mass is 16.6. The number of hydrogen-bond acceptors (Lipinski definition) is 5. The third-order valence-electron chi connectivity index (χ3n) is 3.43. The first-order valence-electron chi connectivity index (χ1n) is 5.65. The van der Waals surface area contributed by atoms with Crippen molar-refractivity contribution in [3.05, 3.63) is 15.9 Å². The quantitative estimate of drug-likeness (QED) is 0.630. The zero-order chi connectivity index (χ0) is 14.3. The largest absolute Gasteiger partial charge is 0.406 e. The normalized spacial score (nSPS) is 12.6. The molecule has 18 heavy (non-hydrogen) atoms. The Morgan fingerprint density at radius 1 is 1.39 bits per heavy atom. The van der Waals surface area contributed by atoms with Gasteiger partial charge in [0.25, 0.3) is 0 Å². The van der Waals surface area contributed by atoms with Gasteiger partial charge in [-0.25, -0.2) is 0 Å². The van der Waals surface area contributed by atoms with E-state index in [1.54, 1.807) is 46.2 Å². The summed E-state index contributed by atoms with van der Waals surface area (Å²) in [5.41, 5.74) is -1.78. The number of anilines is 1. The smallest absolute Gasteiger partial charge is 0.388 e. The number of aryl methyl sites for hydroxylation is 1. The molecule has 0 fully saturated rings. The molecule has 1 rings (SSSR count). The maximum Gasteiger partial charge on any atom is 0.406 e. The second-order valence-corrected chi connectivity index (χ2v) is 5.46. The van der Waals surface area contributed by atoms with Gasteiger partial charge in [-0.05, 0) is 37.6 Å². The lowest BCUT2D eigenvalue weighted by atomic mass is 9.86. The van der Waals surface area contributed by atoms with Crippen LogP contribution in [0, 0.1) is 17.0 Å². The fourth-order valence-corrected chi connectivity index (χ4v) is 1.31. The Labute approximate surface area is 106 Å². The summed E-state index contributed by atoms with van der Waals surface area (Å²) < 4.78 is 1.60. The Bertz CT molecular complexity index is 471. The first kappa shape index (κ1) is 14.4. The fourth-order valence-electron chi connectivity index (χ4n) is 1.31. The maximum absolute atomic E-state index is 11.0. The Morgan fingerprint density at radius 2 is 1.89 bits per heavy atom. The van der Waals surface area contributed by atoms with Gasteiger partial charge in [-0.2, -0.15) is 0 Å². The maximum atomic E-state index is 11.0. The third kappa shape index (κ3) is 2.45. The van der Waals surface area contributed by atoms with Crippen LogP contribution in [0.5, 0.6) is 0 Å². The van der Waals surface area contributed by atoms with Crippen LogP contribution in [0.1, 0.15) is 33.5 Å². The van der Waals surface area contributed by atoms with Crippen molar-refractivity contribution in [2.75, 3.05) is 5.32 Å². The first-order chi connectivity index (χ1) is 7.97. The summed E-state index contributed by atoms with van der Waals surface area (Å²) >= 11 is 0. The monoisotopic (exact) mass is 256 g/mol. The molecule has 7 nitrogen and oxygen atoms in total. The van der Waals surface area contributed by atoms with Gasteiger partial charge in [0.15, 0.2) is 0 Å². The molecular formula is C11H20N4O3. The summed E-state index contributed by atoms with van der Waals surface area (Å²) in [6.07, 6.45) is 0. The molecule has 0 spiro atoms. The van der Waals surface area contributed by atoms with Gasteiger partial charge >= 0.3 is 5.82 Å². The lowest BCUT2D eigenvalue weighted by Crippen LogP contribution is -2.51. The molecule has 1 heterocycles. The second kappa shape index (κ2) is 4.24. The number of aromatic nitrogens is 2. The second-order valence-electron chi connectivity index (χ2n) is 5.46. The van der Waals surface area contributed by atoms with E-state index < -0.39 is 16.1 Å². The van der Waals surface area contributed by atoms with Gasteiger partial charge in [0.2, 0.25) is 11.6 Å². The molecule has 0 aromatic carbocycles. The summed E-state index contributed by atoms with van der Waals surface area (Å²) in [5.74, 6) is 0.604. The van der Waals surface area contributed by atoms with E-state index in [4.69, 9.17) is 0 Å². The van der Waals surface area contributed by atoms with Crippen molar-refractivity contribution in [2.45, 2.75) is 45.8 Å². The summed E-state index contributed by atoms with van der Waals surface area (Å²) in [6, 6.07) is 0. The summed E-state index contributed by atoms with van der Waals surface area (Å²) in [4.78, 5) is 14.3. The summed E-state index contributed by atoms with van der Waals surface area (Å²) in [5, 5.41) is 24.0. The zero-order valence-corrected chi connectivity index (χ0v) is 11.6. The number of nitro groups is 1. The molecule has 7 heteroatoms. The van der Waals surface area contributed by atoms with Crippen molar-refractivity contribution in [2.24, 2.45) is 7.05 Å². The summed E-state index contributed by atoms with van der Waals surface area (Å²) in [6.45, 7) is 8.54. The molecule has 1 aromatic rings. The van der Waals surface area contributed by atoms with Crippen molar-refractivity contribution in [3.63, 3.8) is 0 Å². The first-order valence-corrected chi connectivity index (χ1v) is 5.65.